The van der Waals surface area contributed by atoms with Crippen LogP contribution < -0.4 is 15.0 Å². The van der Waals surface area contributed by atoms with E-state index in [2.05, 4.69) is 4.98 Å². The number of nitrogens with zero attached hydrogens (tertiary/aromatic N) is 3. The van der Waals surface area contributed by atoms with Crippen LogP contribution in [0, 0.1) is 0 Å². The average Bonchev–Trinajstić information content (AvgIpc) is 3.55. The molecule has 1 aliphatic rings. The molecule has 1 fully saturated rings. The molecule has 0 saturated carbocycles. The Hall–Kier alpha value is -2.92. The first-order chi connectivity index (χ1) is 16.9. The molecule has 0 spiro atoms. The Kier molecular flexibility index (Phi) is 6.54. The fourth-order valence-electron chi connectivity index (χ4n) is 3.96. The van der Waals surface area contributed by atoms with E-state index in [1.54, 1.807) is 30.3 Å². The molecule has 8 nitrogen and oxygen atoms in total. The van der Waals surface area contributed by atoms with E-state index in [1.807, 2.05) is 18.2 Å². The van der Waals surface area contributed by atoms with Crippen molar-refractivity contribution in [1.29, 1.82) is 0 Å². The number of ether oxygens (including phenoxy) is 2. The molecule has 2 aromatic carbocycles. The Balaban J connectivity index is 1.43. The lowest BCUT2D eigenvalue weighted by Gasteiger charge is -2.17. The van der Waals surface area contributed by atoms with E-state index in [9.17, 15) is 13.2 Å². The number of hydrogen-bond acceptors (Lipinski definition) is 7. The second-order valence-electron chi connectivity index (χ2n) is 8.07. The summed E-state index contributed by atoms with van der Waals surface area (Å²) in [7, 11) is -2.05. The van der Waals surface area contributed by atoms with Crippen LogP contribution in [0.1, 0.15) is 12.8 Å². The summed E-state index contributed by atoms with van der Waals surface area (Å²) in [5.74, 6) is 0.125. The Labute approximate surface area is 211 Å². The Morgan fingerprint density at radius 2 is 1.80 bits per heavy atom. The quantitative estimate of drug-likeness (QED) is 0.348. The van der Waals surface area contributed by atoms with Crippen LogP contribution in [0.2, 0.25) is 5.02 Å². The van der Waals surface area contributed by atoms with E-state index in [1.165, 1.54) is 33.6 Å². The fraction of sp³-hybridized carbons (Fsp3) is 0.250. The van der Waals surface area contributed by atoms with E-state index >= 15 is 0 Å². The molecule has 0 bridgehead atoms. The van der Waals surface area contributed by atoms with Gasteiger partial charge in [-0.3, -0.25) is 9.36 Å². The normalized spacial score (nSPS) is 14.5. The number of sulfonamides is 1. The van der Waals surface area contributed by atoms with Gasteiger partial charge in [-0.2, -0.15) is 4.31 Å². The predicted octanol–water partition coefficient (Wildman–Crippen LogP) is 4.54. The highest BCUT2D eigenvalue weighted by Gasteiger charge is 2.26. The number of halogens is 1. The lowest BCUT2D eigenvalue weighted by molar-refractivity contribution is 0.327. The zero-order valence-electron chi connectivity index (χ0n) is 18.8. The molecule has 0 N–H and O–H groups in total. The van der Waals surface area contributed by atoms with E-state index in [4.69, 9.17) is 21.1 Å². The molecule has 182 valence electrons. The summed E-state index contributed by atoms with van der Waals surface area (Å²) in [6.45, 7) is 1.03. The van der Waals surface area contributed by atoms with Gasteiger partial charge in [0, 0.05) is 29.1 Å². The molecule has 0 aliphatic carbocycles. The maximum atomic E-state index is 13.3. The third kappa shape index (κ3) is 4.79. The number of fused-ring (bicyclic) bond motifs is 1. The number of hydrogen-bond donors (Lipinski definition) is 0. The Bertz CT molecular complexity index is 1540. The summed E-state index contributed by atoms with van der Waals surface area (Å²) < 4.78 is 39.4. The second-order valence-corrected chi connectivity index (χ2v) is 11.5. The SMILES string of the molecule is COc1cc(-n2cnc3cc(-c4ccc(Cl)cc4)sc3c2=O)ccc1OCS(=O)(=O)N1CCCC1. The van der Waals surface area contributed by atoms with Crippen LogP contribution >= 0.6 is 22.9 Å². The van der Waals surface area contributed by atoms with Crippen LogP contribution in [-0.2, 0) is 10.0 Å². The molecule has 11 heteroatoms. The summed E-state index contributed by atoms with van der Waals surface area (Å²) >= 11 is 7.35. The molecule has 1 aliphatic heterocycles. The topological polar surface area (TPSA) is 90.7 Å². The minimum atomic E-state index is -3.52. The van der Waals surface area contributed by atoms with Gasteiger partial charge in [-0.05, 0) is 48.7 Å². The second kappa shape index (κ2) is 9.62. The standard InChI is InChI=1S/C24H22ClN3O5S2/c1-32-21-12-18(8-9-20(21)33-15-35(30,31)27-10-2-3-11-27)28-14-26-19-13-22(34-23(19)24(28)29)16-4-6-17(25)7-5-16/h4-9,12-14H,2-3,10-11,15H2,1H3. The molecular formula is C24H22ClN3O5S2. The molecule has 3 heterocycles. The summed E-state index contributed by atoms with van der Waals surface area (Å²) in [5, 5.41) is 0.644. The van der Waals surface area contributed by atoms with Crippen molar-refractivity contribution in [2.45, 2.75) is 12.8 Å². The van der Waals surface area contributed by atoms with Gasteiger partial charge >= 0.3 is 0 Å². The van der Waals surface area contributed by atoms with Gasteiger partial charge in [0.1, 0.15) is 11.0 Å². The number of aromatic nitrogens is 2. The minimum absolute atomic E-state index is 0.215. The molecule has 35 heavy (non-hydrogen) atoms. The lowest BCUT2D eigenvalue weighted by atomic mass is 10.2. The van der Waals surface area contributed by atoms with Crippen LogP contribution in [-0.4, -0.2) is 48.4 Å². The largest absolute Gasteiger partial charge is 0.493 e. The summed E-state index contributed by atoms with van der Waals surface area (Å²) in [5.41, 5.74) is 1.88. The van der Waals surface area contributed by atoms with Crippen molar-refractivity contribution in [3.05, 3.63) is 70.2 Å². The zero-order valence-corrected chi connectivity index (χ0v) is 21.2. The fourth-order valence-corrected chi connectivity index (χ4v) is 6.37. The summed E-state index contributed by atoms with van der Waals surface area (Å²) in [6.07, 6.45) is 3.18. The van der Waals surface area contributed by atoms with Crippen molar-refractivity contribution in [2.75, 3.05) is 26.1 Å². The van der Waals surface area contributed by atoms with Gasteiger partial charge in [0.25, 0.3) is 5.56 Å². The first-order valence-corrected chi connectivity index (χ1v) is 13.7. The first-order valence-electron chi connectivity index (χ1n) is 10.9. The number of methoxy groups -OCH3 is 1. The van der Waals surface area contributed by atoms with E-state index in [-0.39, 0.29) is 11.3 Å². The van der Waals surface area contributed by atoms with Crippen molar-refractivity contribution >= 4 is 43.2 Å². The number of rotatable bonds is 7. The predicted molar refractivity (Wildman–Crippen MR) is 137 cm³/mol. The van der Waals surface area contributed by atoms with Gasteiger partial charge in [0.05, 0.1) is 18.3 Å². The third-order valence-electron chi connectivity index (χ3n) is 5.81. The molecule has 0 amide bonds. The molecule has 4 aromatic rings. The first kappa shape index (κ1) is 23.8. The molecular weight excluding hydrogens is 510 g/mol. The van der Waals surface area contributed by atoms with Crippen LogP contribution in [0.5, 0.6) is 11.5 Å². The highest BCUT2D eigenvalue weighted by Crippen LogP contribution is 2.33. The van der Waals surface area contributed by atoms with Gasteiger partial charge in [0.2, 0.25) is 16.0 Å². The Morgan fingerprint density at radius 1 is 1.06 bits per heavy atom. The maximum absolute atomic E-state index is 13.3. The Morgan fingerprint density at radius 3 is 2.51 bits per heavy atom. The third-order valence-corrected chi connectivity index (χ3v) is 8.79. The molecule has 0 atom stereocenters. The molecule has 1 saturated heterocycles. The van der Waals surface area contributed by atoms with E-state index < -0.39 is 16.0 Å². The molecule has 5 rings (SSSR count). The zero-order chi connectivity index (χ0) is 24.6. The highest BCUT2D eigenvalue weighted by molar-refractivity contribution is 7.88. The monoisotopic (exact) mass is 531 g/mol. The lowest BCUT2D eigenvalue weighted by Crippen LogP contribution is -2.32. The van der Waals surface area contributed by atoms with Crippen LogP contribution in [0.3, 0.4) is 0 Å². The van der Waals surface area contributed by atoms with Crippen molar-refractivity contribution in [3.63, 3.8) is 0 Å². The van der Waals surface area contributed by atoms with Gasteiger partial charge in [-0.15, -0.1) is 11.3 Å². The molecule has 0 radical (unpaired) electrons. The van der Waals surface area contributed by atoms with Crippen LogP contribution in [0.4, 0.5) is 0 Å². The van der Waals surface area contributed by atoms with Crippen molar-refractivity contribution in [1.82, 2.24) is 13.9 Å². The summed E-state index contributed by atoms with van der Waals surface area (Å²) in [6, 6.07) is 14.2. The van der Waals surface area contributed by atoms with Gasteiger partial charge < -0.3 is 9.47 Å². The van der Waals surface area contributed by atoms with Gasteiger partial charge in [-0.25, -0.2) is 13.4 Å². The average molecular weight is 532 g/mol. The smallest absolute Gasteiger partial charge is 0.275 e. The number of benzene rings is 2. The van der Waals surface area contributed by atoms with Gasteiger partial charge in [0.15, 0.2) is 11.5 Å². The van der Waals surface area contributed by atoms with Crippen LogP contribution in [0.25, 0.3) is 26.3 Å². The van der Waals surface area contributed by atoms with Crippen molar-refractivity contribution in [3.8, 4) is 27.6 Å². The summed E-state index contributed by atoms with van der Waals surface area (Å²) in [4.78, 5) is 18.7. The molecule has 0 unspecified atom stereocenters. The highest BCUT2D eigenvalue weighted by atomic mass is 35.5. The van der Waals surface area contributed by atoms with Gasteiger partial charge in [-0.1, -0.05) is 23.7 Å². The minimum Gasteiger partial charge on any atom is -0.493 e. The maximum Gasteiger partial charge on any atom is 0.275 e. The van der Waals surface area contributed by atoms with E-state index in [0.717, 1.165) is 23.3 Å². The van der Waals surface area contributed by atoms with Crippen LogP contribution in [0.15, 0.2) is 59.7 Å². The number of thiophene rings is 1. The van der Waals surface area contributed by atoms with E-state index in [0.29, 0.717) is 39.8 Å². The van der Waals surface area contributed by atoms with Crippen molar-refractivity contribution < 1.29 is 17.9 Å². The molecule has 2 aromatic heterocycles. The van der Waals surface area contributed by atoms with Crippen molar-refractivity contribution in [2.24, 2.45) is 0 Å².